The van der Waals surface area contributed by atoms with Crippen LogP contribution in [0.3, 0.4) is 0 Å². The Morgan fingerprint density at radius 3 is 2.50 bits per heavy atom. The summed E-state index contributed by atoms with van der Waals surface area (Å²) < 4.78 is 5.34. The first kappa shape index (κ1) is 15.9. The Morgan fingerprint density at radius 1 is 1.08 bits per heavy atom. The number of carbonyl (C=O) groups is 2. The Balaban J connectivity index is 1.76. The lowest BCUT2D eigenvalue weighted by Gasteiger charge is -2.20. The highest BCUT2D eigenvalue weighted by molar-refractivity contribution is 6.01. The van der Waals surface area contributed by atoms with Crippen LogP contribution in [0.5, 0.6) is 5.75 Å². The number of hydrogen-bond donors (Lipinski definition) is 2. The molecule has 0 atom stereocenters. The molecule has 0 aromatic heterocycles. The molecule has 0 radical (unpaired) electrons. The molecule has 1 saturated heterocycles. The molecule has 2 aromatic rings. The standard InChI is InChI=1S/C18H19N3O3/c1-24-16-10-9-14(12-15(16)21-11-5-8-17(21)22)20-18(23)19-13-6-3-2-4-7-13/h2-4,6-7,9-10,12H,5,8,11H2,1H3,(H2,19,20,23). The van der Waals surface area contributed by atoms with Gasteiger partial charge in [-0.15, -0.1) is 0 Å². The third-order valence-corrected chi connectivity index (χ3v) is 3.83. The van der Waals surface area contributed by atoms with Gasteiger partial charge in [0.1, 0.15) is 5.75 Å². The van der Waals surface area contributed by atoms with Crippen molar-refractivity contribution < 1.29 is 14.3 Å². The lowest BCUT2D eigenvalue weighted by Crippen LogP contribution is -2.25. The van der Waals surface area contributed by atoms with E-state index in [1.54, 1.807) is 30.2 Å². The van der Waals surface area contributed by atoms with Crippen molar-refractivity contribution in [2.24, 2.45) is 0 Å². The number of anilines is 3. The monoisotopic (exact) mass is 325 g/mol. The van der Waals surface area contributed by atoms with Crippen LogP contribution in [0.25, 0.3) is 0 Å². The number of hydrogen-bond acceptors (Lipinski definition) is 3. The third kappa shape index (κ3) is 3.48. The molecule has 0 bridgehead atoms. The minimum absolute atomic E-state index is 0.0687. The molecule has 0 unspecified atom stereocenters. The predicted molar refractivity (Wildman–Crippen MR) is 93.7 cm³/mol. The number of urea groups is 1. The summed E-state index contributed by atoms with van der Waals surface area (Å²) in [5.74, 6) is 0.679. The Labute approximate surface area is 140 Å². The Kier molecular flexibility index (Phi) is 4.65. The van der Waals surface area contributed by atoms with Crippen molar-refractivity contribution in [1.29, 1.82) is 0 Å². The molecule has 3 rings (SSSR count). The SMILES string of the molecule is COc1ccc(NC(=O)Nc2ccccc2)cc1N1CCCC1=O. The van der Waals surface area contributed by atoms with Gasteiger partial charge in [-0.25, -0.2) is 4.79 Å². The van der Waals surface area contributed by atoms with Crippen molar-refractivity contribution in [2.75, 3.05) is 29.2 Å². The zero-order valence-corrected chi connectivity index (χ0v) is 13.4. The van der Waals surface area contributed by atoms with E-state index in [2.05, 4.69) is 10.6 Å². The molecule has 3 amide bonds. The fraction of sp³-hybridized carbons (Fsp3) is 0.222. The van der Waals surface area contributed by atoms with Crippen molar-refractivity contribution >= 4 is 29.0 Å². The van der Waals surface area contributed by atoms with Crippen LogP contribution in [-0.4, -0.2) is 25.6 Å². The van der Waals surface area contributed by atoms with Crippen molar-refractivity contribution in [3.05, 3.63) is 48.5 Å². The van der Waals surface area contributed by atoms with Crippen LogP contribution in [0, 0.1) is 0 Å². The second-order valence-electron chi connectivity index (χ2n) is 5.48. The molecule has 6 heteroatoms. The molecule has 1 aliphatic rings. The van der Waals surface area contributed by atoms with E-state index in [-0.39, 0.29) is 11.9 Å². The fourth-order valence-corrected chi connectivity index (χ4v) is 2.70. The molecule has 0 saturated carbocycles. The molecule has 6 nitrogen and oxygen atoms in total. The number of para-hydroxylation sites is 1. The molecule has 2 N–H and O–H groups in total. The lowest BCUT2D eigenvalue weighted by molar-refractivity contribution is -0.117. The maximum atomic E-state index is 12.1. The van der Waals surface area contributed by atoms with Gasteiger partial charge in [0.2, 0.25) is 5.91 Å². The minimum Gasteiger partial charge on any atom is -0.495 e. The summed E-state index contributed by atoms with van der Waals surface area (Å²) in [7, 11) is 1.56. The molecule has 0 spiro atoms. The number of nitrogens with one attached hydrogen (secondary N) is 2. The third-order valence-electron chi connectivity index (χ3n) is 3.83. The first-order chi connectivity index (χ1) is 11.7. The Morgan fingerprint density at radius 2 is 1.83 bits per heavy atom. The van der Waals surface area contributed by atoms with Gasteiger partial charge in [0, 0.05) is 24.3 Å². The van der Waals surface area contributed by atoms with Crippen LogP contribution in [0.15, 0.2) is 48.5 Å². The summed E-state index contributed by atoms with van der Waals surface area (Å²) in [5.41, 5.74) is 1.98. The van der Waals surface area contributed by atoms with Crippen molar-refractivity contribution in [1.82, 2.24) is 0 Å². The van der Waals surface area contributed by atoms with E-state index in [0.29, 0.717) is 35.8 Å². The van der Waals surface area contributed by atoms with Crippen LogP contribution < -0.4 is 20.3 Å². The van der Waals surface area contributed by atoms with Crippen molar-refractivity contribution in [2.45, 2.75) is 12.8 Å². The van der Waals surface area contributed by atoms with E-state index in [1.807, 2.05) is 30.3 Å². The number of carbonyl (C=O) groups excluding carboxylic acids is 2. The number of amides is 3. The van der Waals surface area contributed by atoms with E-state index in [4.69, 9.17) is 4.74 Å². The molecule has 24 heavy (non-hydrogen) atoms. The molecular weight excluding hydrogens is 306 g/mol. The average Bonchev–Trinajstić information content (AvgIpc) is 3.01. The highest BCUT2D eigenvalue weighted by Crippen LogP contribution is 2.34. The van der Waals surface area contributed by atoms with E-state index in [0.717, 1.165) is 6.42 Å². The van der Waals surface area contributed by atoms with Crippen LogP contribution in [0.2, 0.25) is 0 Å². The second kappa shape index (κ2) is 7.04. The van der Waals surface area contributed by atoms with Crippen LogP contribution in [0.1, 0.15) is 12.8 Å². The van der Waals surface area contributed by atoms with Gasteiger partial charge in [-0.1, -0.05) is 18.2 Å². The maximum Gasteiger partial charge on any atom is 0.323 e. The number of ether oxygens (including phenoxy) is 1. The van der Waals surface area contributed by atoms with E-state index in [1.165, 1.54) is 0 Å². The summed E-state index contributed by atoms with van der Waals surface area (Å²) >= 11 is 0. The van der Waals surface area contributed by atoms with Crippen LogP contribution in [-0.2, 0) is 4.79 Å². The van der Waals surface area contributed by atoms with Crippen LogP contribution >= 0.6 is 0 Å². The highest BCUT2D eigenvalue weighted by Gasteiger charge is 2.24. The number of rotatable bonds is 4. The zero-order valence-electron chi connectivity index (χ0n) is 13.4. The first-order valence-corrected chi connectivity index (χ1v) is 7.79. The van der Waals surface area contributed by atoms with Crippen molar-refractivity contribution in [3.63, 3.8) is 0 Å². The molecular formula is C18H19N3O3. The summed E-state index contributed by atoms with van der Waals surface area (Å²) in [6.07, 6.45) is 1.36. The number of nitrogens with zero attached hydrogens (tertiary/aromatic N) is 1. The lowest BCUT2D eigenvalue weighted by atomic mass is 10.2. The molecule has 0 aliphatic carbocycles. The smallest absolute Gasteiger partial charge is 0.323 e. The van der Waals surface area contributed by atoms with Crippen molar-refractivity contribution in [3.8, 4) is 5.75 Å². The van der Waals surface area contributed by atoms with Gasteiger partial charge in [-0.05, 0) is 36.8 Å². The molecule has 1 aliphatic heterocycles. The van der Waals surface area contributed by atoms with Gasteiger partial charge < -0.3 is 20.3 Å². The summed E-state index contributed by atoms with van der Waals surface area (Å²) in [6, 6.07) is 14.1. The van der Waals surface area contributed by atoms with E-state index < -0.39 is 0 Å². The van der Waals surface area contributed by atoms with Gasteiger partial charge in [-0.3, -0.25) is 4.79 Å². The van der Waals surface area contributed by atoms with Gasteiger partial charge in [0.25, 0.3) is 0 Å². The van der Waals surface area contributed by atoms with Gasteiger partial charge >= 0.3 is 6.03 Å². The van der Waals surface area contributed by atoms with Gasteiger partial charge in [0.05, 0.1) is 12.8 Å². The highest BCUT2D eigenvalue weighted by atomic mass is 16.5. The molecule has 2 aromatic carbocycles. The molecule has 1 fully saturated rings. The van der Waals surface area contributed by atoms with Crippen LogP contribution in [0.4, 0.5) is 21.9 Å². The molecule has 124 valence electrons. The number of methoxy groups -OCH3 is 1. The Bertz CT molecular complexity index is 746. The normalized spacial score (nSPS) is 13.7. The fourth-order valence-electron chi connectivity index (χ4n) is 2.70. The summed E-state index contributed by atoms with van der Waals surface area (Å²) in [5, 5.41) is 5.53. The average molecular weight is 325 g/mol. The minimum atomic E-state index is -0.343. The van der Waals surface area contributed by atoms with Gasteiger partial charge in [-0.2, -0.15) is 0 Å². The largest absolute Gasteiger partial charge is 0.495 e. The first-order valence-electron chi connectivity index (χ1n) is 7.79. The quantitative estimate of drug-likeness (QED) is 0.904. The molecule has 1 heterocycles. The van der Waals surface area contributed by atoms with Gasteiger partial charge in [0.15, 0.2) is 0 Å². The number of benzene rings is 2. The summed E-state index contributed by atoms with van der Waals surface area (Å²) in [6.45, 7) is 0.662. The summed E-state index contributed by atoms with van der Waals surface area (Å²) in [4.78, 5) is 25.8. The van der Waals surface area contributed by atoms with E-state index in [9.17, 15) is 9.59 Å². The zero-order chi connectivity index (χ0) is 16.9. The Hall–Kier alpha value is -3.02. The maximum absolute atomic E-state index is 12.1. The second-order valence-corrected chi connectivity index (χ2v) is 5.48. The topological polar surface area (TPSA) is 70.7 Å². The predicted octanol–water partition coefficient (Wildman–Crippen LogP) is 3.47. The van der Waals surface area contributed by atoms with E-state index >= 15 is 0 Å².